The standard InChI is InChI=1S/C27H26ClN3O3S/c1-4-16(2)18-8-10-24-22(14-18)30-26(34-24)19-6-5-7-21(13-19)29-27(35)31-25(32)15-33-23-11-9-20(28)12-17(23)3/h5-14,16H,4,15H2,1-3H3,(H2,29,31,32,35)/t16-/m1/s1. The lowest BCUT2D eigenvalue weighted by Crippen LogP contribution is -2.37. The molecule has 0 bridgehead atoms. The summed E-state index contributed by atoms with van der Waals surface area (Å²) in [5, 5.41) is 6.42. The van der Waals surface area contributed by atoms with Gasteiger partial charge in [0, 0.05) is 16.3 Å². The van der Waals surface area contributed by atoms with Crippen LogP contribution in [0, 0.1) is 6.92 Å². The molecule has 1 amide bonds. The van der Waals surface area contributed by atoms with E-state index in [1.54, 1.807) is 18.2 Å². The van der Waals surface area contributed by atoms with Crippen LogP contribution in [-0.4, -0.2) is 22.6 Å². The molecule has 1 aromatic heterocycles. The maximum Gasteiger partial charge on any atom is 0.264 e. The molecule has 0 unspecified atom stereocenters. The minimum absolute atomic E-state index is 0.166. The Morgan fingerprint density at radius 1 is 1.17 bits per heavy atom. The van der Waals surface area contributed by atoms with Crippen LogP contribution in [0.2, 0.25) is 5.02 Å². The van der Waals surface area contributed by atoms with Gasteiger partial charge in [-0.25, -0.2) is 4.98 Å². The SMILES string of the molecule is CC[C@@H](C)c1ccc2oc(-c3cccc(NC(=S)NC(=O)COc4ccc(Cl)cc4C)c3)nc2c1. The number of fused-ring (bicyclic) bond motifs is 1. The predicted octanol–water partition coefficient (Wildman–Crippen LogP) is 6.86. The number of aryl methyl sites for hydroxylation is 1. The molecule has 2 N–H and O–H groups in total. The van der Waals surface area contributed by atoms with Crippen molar-refractivity contribution >= 4 is 51.6 Å². The Labute approximate surface area is 214 Å². The molecule has 1 heterocycles. The number of halogens is 1. The van der Waals surface area contributed by atoms with Gasteiger partial charge < -0.3 is 14.5 Å². The highest BCUT2D eigenvalue weighted by molar-refractivity contribution is 7.80. The van der Waals surface area contributed by atoms with Crippen molar-refractivity contribution in [2.45, 2.75) is 33.1 Å². The predicted molar refractivity (Wildman–Crippen MR) is 144 cm³/mol. The van der Waals surface area contributed by atoms with E-state index in [-0.39, 0.29) is 17.6 Å². The fourth-order valence-electron chi connectivity index (χ4n) is 3.58. The zero-order chi connectivity index (χ0) is 24.9. The largest absolute Gasteiger partial charge is 0.483 e. The number of nitrogens with zero attached hydrogens (tertiary/aromatic N) is 1. The lowest BCUT2D eigenvalue weighted by Gasteiger charge is -2.12. The molecule has 0 saturated carbocycles. The van der Waals surface area contributed by atoms with Crippen LogP contribution in [0.1, 0.15) is 37.3 Å². The maximum absolute atomic E-state index is 12.3. The number of aromatic nitrogens is 1. The Hall–Kier alpha value is -3.42. The molecule has 35 heavy (non-hydrogen) atoms. The molecule has 6 nitrogen and oxygen atoms in total. The Bertz CT molecular complexity index is 1390. The van der Waals surface area contributed by atoms with Crippen LogP contribution in [0.4, 0.5) is 5.69 Å². The lowest BCUT2D eigenvalue weighted by molar-refractivity contribution is -0.121. The summed E-state index contributed by atoms with van der Waals surface area (Å²) in [7, 11) is 0. The number of oxazole rings is 1. The van der Waals surface area contributed by atoms with E-state index >= 15 is 0 Å². The van der Waals surface area contributed by atoms with Gasteiger partial charge in [-0.3, -0.25) is 10.1 Å². The molecular formula is C27H26ClN3O3S. The quantitative estimate of drug-likeness (QED) is 0.266. The summed E-state index contributed by atoms with van der Waals surface area (Å²) in [6.07, 6.45) is 1.06. The average Bonchev–Trinajstić information content (AvgIpc) is 3.26. The molecule has 4 aromatic rings. The number of amides is 1. The number of hydrogen-bond donors (Lipinski definition) is 2. The second kappa shape index (κ2) is 10.9. The number of rotatable bonds is 7. The number of nitrogens with one attached hydrogen (secondary N) is 2. The first-order chi connectivity index (χ1) is 16.8. The first kappa shape index (κ1) is 24.7. The smallest absolute Gasteiger partial charge is 0.264 e. The average molecular weight is 508 g/mol. The molecule has 180 valence electrons. The van der Waals surface area contributed by atoms with Crippen LogP contribution in [0.15, 0.2) is 65.1 Å². The number of carbonyl (C=O) groups excluding carboxylic acids is 1. The van der Waals surface area contributed by atoms with Crippen LogP contribution in [-0.2, 0) is 4.79 Å². The van der Waals surface area contributed by atoms with Crippen molar-refractivity contribution in [2.75, 3.05) is 11.9 Å². The van der Waals surface area contributed by atoms with E-state index in [9.17, 15) is 4.79 Å². The highest BCUT2D eigenvalue weighted by Gasteiger charge is 2.12. The second-order valence-corrected chi connectivity index (χ2v) is 9.18. The Morgan fingerprint density at radius 3 is 2.77 bits per heavy atom. The van der Waals surface area contributed by atoms with E-state index in [1.165, 1.54) is 5.56 Å². The summed E-state index contributed by atoms with van der Waals surface area (Å²) in [5.74, 6) is 1.20. The minimum atomic E-state index is -0.371. The topological polar surface area (TPSA) is 76.4 Å². The third-order valence-electron chi connectivity index (χ3n) is 5.71. The number of carbonyl (C=O) groups is 1. The van der Waals surface area contributed by atoms with Crippen molar-refractivity contribution in [3.05, 3.63) is 76.8 Å². The second-order valence-electron chi connectivity index (χ2n) is 8.34. The first-order valence-corrected chi connectivity index (χ1v) is 12.1. The highest BCUT2D eigenvalue weighted by Crippen LogP contribution is 2.29. The molecule has 1 atom stereocenters. The molecule has 0 fully saturated rings. The van der Waals surface area contributed by atoms with Crippen molar-refractivity contribution < 1.29 is 13.9 Å². The van der Waals surface area contributed by atoms with Gasteiger partial charge in [0.15, 0.2) is 17.3 Å². The molecule has 0 aliphatic heterocycles. The molecule has 3 aromatic carbocycles. The van der Waals surface area contributed by atoms with Gasteiger partial charge in [-0.1, -0.05) is 37.6 Å². The van der Waals surface area contributed by atoms with Gasteiger partial charge in [0.05, 0.1) is 0 Å². The number of hydrogen-bond acceptors (Lipinski definition) is 5. The minimum Gasteiger partial charge on any atom is -0.483 e. The van der Waals surface area contributed by atoms with Gasteiger partial charge in [0.2, 0.25) is 5.89 Å². The Kier molecular flexibility index (Phi) is 7.68. The van der Waals surface area contributed by atoms with Crippen molar-refractivity contribution in [3.8, 4) is 17.2 Å². The van der Waals surface area contributed by atoms with Crippen LogP contribution in [0.5, 0.6) is 5.75 Å². The zero-order valence-corrected chi connectivity index (χ0v) is 21.3. The van der Waals surface area contributed by atoms with Crippen molar-refractivity contribution in [2.24, 2.45) is 0 Å². The van der Waals surface area contributed by atoms with Crippen LogP contribution in [0.3, 0.4) is 0 Å². The number of benzene rings is 3. The Balaban J connectivity index is 1.38. The van der Waals surface area contributed by atoms with E-state index in [4.69, 9.17) is 33.0 Å². The van der Waals surface area contributed by atoms with Gasteiger partial charge in [0.1, 0.15) is 11.3 Å². The van der Waals surface area contributed by atoms with Gasteiger partial charge >= 0.3 is 0 Å². The van der Waals surface area contributed by atoms with E-state index < -0.39 is 0 Å². The summed E-state index contributed by atoms with van der Waals surface area (Å²) >= 11 is 11.2. The summed E-state index contributed by atoms with van der Waals surface area (Å²) in [5.41, 5.74) is 5.15. The summed E-state index contributed by atoms with van der Waals surface area (Å²) < 4.78 is 11.5. The molecular weight excluding hydrogens is 482 g/mol. The molecule has 8 heteroatoms. The molecule has 0 spiro atoms. The maximum atomic E-state index is 12.3. The van der Waals surface area contributed by atoms with Gasteiger partial charge in [-0.15, -0.1) is 0 Å². The van der Waals surface area contributed by atoms with Crippen LogP contribution < -0.4 is 15.4 Å². The van der Waals surface area contributed by atoms with E-state index in [0.29, 0.717) is 28.3 Å². The Morgan fingerprint density at radius 2 is 2.00 bits per heavy atom. The number of ether oxygens (including phenoxy) is 1. The molecule has 4 rings (SSSR count). The van der Waals surface area contributed by atoms with Gasteiger partial charge in [-0.2, -0.15) is 0 Å². The molecule has 0 saturated heterocycles. The van der Waals surface area contributed by atoms with E-state index in [0.717, 1.165) is 28.6 Å². The van der Waals surface area contributed by atoms with Gasteiger partial charge in [-0.05, 0) is 91.1 Å². The van der Waals surface area contributed by atoms with Crippen molar-refractivity contribution in [1.29, 1.82) is 0 Å². The summed E-state index contributed by atoms with van der Waals surface area (Å²) in [6, 6.07) is 18.8. The normalized spacial score (nSPS) is 11.8. The van der Waals surface area contributed by atoms with Crippen LogP contribution in [0.25, 0.3) is 22.6 Å². The zero-order valence-electron chi connectivity index (χ0n) is 19.7. The highest BCUT2D eigenvalue weighted by atomic mass is 35.5. The third kappa shape index (κ3) is 6.18. The van der Waals surface area contributed by atoms with E-state index in [1.807, 2.05) is 37.3 Å². The monoisotopic (exact) mass is 507 g/mol. The van der Waals surface area contributed by atoms with E-state index in [2.05, 4.69) is 41.6 Å². The number of anilines is 1. The number of thiocarbonyl (C=S) groups is 1. The third-order valence-corrected chi connectivity index (χ3v) is 6.15. The first-order valence-electron chi connectivity index (χ1n) is 11.3. The molecule has 0 radical (unpaired) electrons. The fourth-order valence-corrected chi connectivity index (χ4v) is 4.04. The van der Waals surface area contributed by atoms with Gasteiger partial charge in [0.25, 0.3) is 5.91 Å². The van der Waals surface area contributed by atoms with Crippen molar-refractivity contribution in [1.82, 2.24) is 10.3 Å². The summed E-state index contributed by atoms with van der Waals surface area (Å²) in [4.78, 5) is 16.9. The molecule has 0 aliphatic rings. The van der Waals surface area contributed by atoms with Crippen molar-refractivity contribution in [3.63, 3.8) is 0 Å². The lowest BCUT2D eigenvalue weighted by atomic mass is 9.98. The van der Waals surface area contributed by atoms with Crippen LogP contribution >= 0.6 is 23.8 Å². The molecule has 0 aliphatic carbocycles. The fraction of sp³-hybridized carbons (Fsp3) is 0.222. The summed E-state index contributed by atoms with van der Waals surface area (Å²) in [6.45, 7) is 6.05.